The molecule has 0 aliphatic heterocycles. The first-order valence-electron chi connectivity index (χ1n) is 8.77. The Labute approximate surface area is 162 Å². The zero-order valence-corrected chi connectivity index (χ0v) is 15.9. The average Bonchev–Trinajstić information content (AvgIpc) is 3.17. The summed E-state index contributed by atoms with van der Waals surface area (Å²) in [7, 11) is 0. The summed E-state index contributed by atoms with van der Waals surface area (Å²) in [4.78, 5) is 30.0. The first-order valence-corrected chi connectivity index (χ1v) is 9.65. The van der Waals surface area contributed by atoms with Gasteiger partial charge in [-0.3, -0.25) is 9.59 Å². The van der Waals surface area contributed by atoms with Gasteiger partial charge in [0.1, 0.15) is 5.82 Å². The van der Waals surface area contributed by atoms with Crippen molar-refractivity contribution in [3.63, 3.8) is 0 Å². The number of rotatable bonds is 7. The number of hydrogen-bond donors (Lipinski definition) is 2. The molecule has 3 rings (SSSR count). The van der Waals surface area contributed by atoms with Crippen LogP contribution in [0, 0.1) is 6.92 Å². The minimum absolute atomic E-state index is 0.0512. The van der Waals surface area contributed by atoms with Crippen molar-refractivity contribution in [2.75, 3.05) is 10.6 Å². The maximum Gasteiger partial charge on any atom is 0.256 e. The molecule has 2 aromatic heterocycles. The summed E-state index contributed by atoms with van der Waals surface area (Å²) < 4.78 is 0. The van der Waals surface area contributed by atoms with Gasteiger partial charge < -0.3 is 10.6 Å². The molecule has 1 aromatic carbocycles. The van der Waals surface area contributed by atoms with E-state index in [9.17, 15) is 9.59 Å². The highest BCUT2D eigenvalue weighted by Gasteiger charge is 2.10. The van der Waals surface area contributed by atoms with Crippen LogP contribution in [-0.4, -0.2) is 16.8 Å². The van der Waals surface area contributed by atoms with E-state index in [4.69, 9.17) is 0 Å². The average molecular weight is 379 g/mol. The molecule has 2 N–H and O–H groups in total. The van der Waals surface area contributed by atoms with Crippen LogP contribution in [0.4, 0.5) is 11.5 Å². The Balaban J connectivity index is 1.55. The van der Waals surface area contributed by atoms with Gasteiger partial charge in [-0.2, -0.15) is 0 Å². The van der Waals surface area contributed by atoms with Gasteiger partial charge in [-0.15, -0.1) is 11.3 Å². The van der Waals surface area contributed by atoms with E-state index in [1.54, 1.807) is 41.8 Å². The van der Waals surface area contributed by atoms with E-state index in [0.717, 1.165) is 18.4 Å². The molecule has 0 atom stereocenters. The van der Waals surface area contributed by atoms with Crippen molar-refractivity contribution < 1.29 is 9.59 Å². The van der Waals surface area contributed by atoms with Gasteiger partial charge in [0, 0.05) is 28.7 Å². The van der Waals surface area contributed by atoms with Crippen molar-refractivity contribution in [1.82, 2.24) is 4.98 Å². The van der Waals surface area contributed by atoms with E-state index in [-0.39, 0.29) is 11.8 Å². The quantitative estimate of drug-likeness (QED) is 0.627. The molecule has 138 valence electrons. The second kappa shape index (κ2) is 9.09. The number of carbonyl (C=O) groups excluding carboxylic acids is 2. The zero-order valence-electron chi connectivity index (χ0n) is 15.1. The lowest BCUT2D eigenvalue weighted by Crippen LogP contribution is -2.15. The molecule has 0 saturated heterocycles. The number of nitrogens with one attached hydrogen (secondary N) is 2. The fraction of sp³-hybridized carbons (Fsp3) is 0.190. The summed E-state index contributed by atoms with van der Waals surface area (Å²) in [5.74, 6) is 0.223. The lowest BCUT2D eigenvalue weighted by Gasteiger charge is -2.09. The van der Waals surface area contributed by atoms with Gasteiger partial charge in [0.2, 0.25) is 5.91 Å². The van der Waals surface area contributed by atoms with E-state index in [2.05, 4.69) is 21.7 Å². The van der Waals surface area contributed by atoms with Crippen molar-refractivity contribution in [2.45, 2.75) is 26.2 Å². The van der Waals surface area contributed by atoms with E-state index < -0.39 is 0 Å². The molecule has 0 aliphatic carbocycles. The first kappa shape index (κ1) is 18.8. The van der Waals surface area contributed by atoms with Gasteiger partial charge in [-0.25, -0.2) is 4.98 Å². The monoisotopic (exact) mass is 379 g/mol. The molecule has 5 nitrogen and oxygen atoms in total. The van der Waals surface area contributed by atoms with Crippen LogP contribution in [0.3, 0.4) is 0 Å². The molecule has 0 spiro atoms. The molecule has 6 heteroatoms. The fourth-order valence-electron chi connectivity index (χ4n) is 2.64. The second-order valence-corrected chi connectivity index (χ2v) is 7.22. The summed E-state index contributed by atoms with van der Waals surface area (Å²) >= 11 is 1.70. The summed E-state index contributed by atoms with van der Waals surface area (Å²) in [6.07, 6.45) is 3.78. The molecule has 0 aliphatic rings. The molecule has 27 heavy (non-hydrogen) atoms. The Morgan fingerprint density at radius 3 is 2.74 bits per heavy atom. The topological polar surface area (TPSA) is 71.1 Å². The molecule has 3 aromatic rings. The van der Waals surface area contributed by atoms with Gasteiger partial charge in [0.15, 0.2) is 0 Å². The number of pyridine rings is 1. The predicted octanol–water partition coefficient (Wildman–Crippen LogP) is 4.67. The van der Waals surface area contributed by atoms with Gasteiger partial charge >= 0.3 is 0 Å². The molecular weight excluding hydrogens is 358 g/mol. The van der Waals surface area contributed by atoms with Gasteiger partial charge in [0.25, 0.3) is 5.91 Å². The van der Waals surface area contributed by atoms with Crippen molar-refractivity contribution in [1.29, 1.82) is 0 Å². The van der Waals surface area contributed by atoms with Crippen LogP contribution in [-0.2, 0) is 11.2 Å². The third-order valence-corrected chi connectivity index (χ3v) is 4.99. The summed E-state index contributed by atoms with van der Waals surface area (Å²) in [6.45, 7) is 1.88. The van der Waals surface area contributed by atoms with Crippen LogP contribution in [0.25, 0.3) is 0 Å². The van der Waals surface area contributed by atoms with E-state index in [0.29, 0.717) is 23.5 Å². The number of amides is 2. The number of benzene rings is 1. The Bertz CT molecular complexity index is 923. The van der Waals surface area contributed by atoms with E-state index in [1.807, 2.05) is 30.5 Å². The normalized spacial score (nSPS) is 10.4. The molecule has 0 bridgehead atoms. The Hall–Kier alpha value is -2.99. The highest BCUT2D eigenvalue weighted by molar-refractivity contribution is 7.09. The van der Waals surface area contributed by atoms with Crippen LogP contribution in [0.1, 0.15) is 33.6 Å². The van der Waals surface area contributed by atoms with Gasteiger partial charge in [-0.1, -0.05) is 18.2 Å². The number of anilines is 2. The fourth-order valence-corrected chi connectivity index (χ4v) is 3.39. The third-order valence-electron chi connectivity index (χ3n) is 4.06. The predicted molar refractivity (Wildman–Crippen MR) is 109 cm³/mol. The maximum atomic E-state index is 12.4. The number of nitrogens with zero attached hydrogens (tertiary/aromatic N) is 1. The number of aryl methyl sites for hydroxylation is 2. The zero-order chi connectivity index (χ0) is 19.1. The lowest BCUT2D eigenvalue weighted by molar-refractivity contribution is -0.116. The summed E-state index contributed by atoms with van der Waals surface area (Å²) in [5, 5.41) is 7.70. The Morgan fingerprint density at radius 1 is 1.07 bits per heavy atom. The van der Waals surface area contributed by atoms with Gasteiger partial charge in [0.05, 0.1) is 0 Å². The number of aromatic nitrogens is 1. The molecular formula is C21H21N3O2S. The number of hydrogen-bond acceptors (Lipinski definition) is 4. The van der Waals surface area contributed by atoms with Crippen LogP contribution in [0.15, 0.2) is 60.1 Å². The Morgan fingerprint density at radius 2 is 1.96 bits per heavy atom. The Kier molecular flexibility index (Phi) is 6.33. The second-order valence-electron chi connectivity index (χ2n) is 6.18. The molecule has 0 fully saturated rings. The minimum atomic E-state index is -0.259. The molecule has 0 saturated carbocycles. The lowest BCUT2D eigenvalue weighted by atomic mass is 10.1. The molecule has 2 amide bonds. The first-order chi connectivity index (χ1) is 13.1. The van der Waals surface area contributed by atoms with Crippen LogP contribution < -0.4 is 10.6 Å². The maximum absolute atomic E-state index is 12.4. The van der Waals surface area contributed by atoms with E-state index >= 15 is 0 Å². The smallest absolute Gasteiger partial charge is 0.256 e. The third kappa shape index (κ3) is 5.49. The van der Waals surface area contributed by atoms with Gasteiger partial charge in [-0.05, 0) is 61.0 Å². The van der Waals surface area contributed by atoms with Crippen molar-refractivity contribution >= 4 is 34.7 Å². The van der Waals surface area contributed by atoms with Crippen LogP contribution in [0.2, 0.25) is 0 Å². The number of thiophene rings is 1. The molecule has 0 unspecified atom stereocenters. The summed E-state index contributed by atoms with van der Waals surface area (Å²) in [5.41, 5.74) is 1.97. The summed E-state index contributed by atoms with van der Waals surface area (Å²) in [6, 6.07) is 14.7. The highest BCUT2D eigenvalue weighted by Crippen LogP contribution is 2.16. The molecule has 0 radical (unpaired) electrons. The standard InChI is InChI=1S/C21H21N3O2S/c1-15-6-4-12-22-20(15)24-21(26)16-7-2-8-17(14-16)23-19(25)11-3-9-18-10-5-13-27-18/h2,4-8,10,12-14H,3,9,11H2,1H3,(H,23,25)(H,22,24,26). The SMILES string of the molecule is Cc1cccnc1NC(=O)c1cccc(NC(=O)CCCc2cccs2)c1. The van der Waals surface area contributed by atoms with E-state index in [1.165, 1.54) is 4.88 Å². The van der Waals surface area contributed by atoms with Crippen molar-refractivity contribution in [3.05, 3.63) is 76.1 Å². The number of carbonyl (C=O) groups is 2. The van der Waals surface area contributed by atoms with Crippen molar-refractivity contribution in [2.24, 2.45) is 0 Å². The van der Waals surface area contributed by atoms with Crippen LogP contribution in [0.5, 0.6) is 0 Å². The highest BCUT2D eigenvalue weighted by atomic mass is 32.1. The van der Waals surface area contributed by atoms with Crippen LogP contribution >= 0.6 is 11.3 Å². The largest absolute Gasteiger partial charge is 0.326 e. The molecule has 2 heterocycles. The minimum Gasteiger partial charge on any atom is -0.326 e. The van der Waals surface area contributed by atoms with Crippen molar-refractivity contribution in [3.8, 4) is 0 Å².